The number of rotatable bonds is 0. The van der Waals surface area contributed by atoms with Gasteiger partial charge in [-0.3, -0.25) is 0 Å². The largest absolute Gasteiger partial charge is 0.365 e. The molecule has 1 aromatic rings. The number of H-pyrrole nitrogens is 1. The second-order valence-electron chi connectivity index (χ2n) is 2.15. The third-order valence-corrected chi connectivity index (χ3v) is 1.57. The summed E-state index contributed by atoms with van der Waals surface area (Å²) >= 11 is 0. The second-order valence-corrected chi connectivity index (χ2v) is 2.15. The van der Waals surface area contributed by atoms with Crippen LogP contribution in [0.4, 0.5) is 0 Å². The molecular formula is C6H9N2O+. The van der Waals surface area contributed by atoms with Gasteiger partial charge in [-0.25, -0.2) is 9.55 Å². The molecule has 1 aliphatic heterocycles. The normalized spacial score (nSPS) is 17.3. The quantitative estimate of drug-likeness (QED) is 0.479. The van der Waals surface area contributed by atoms with Crippen molar-refractivity contribution in [3.05, 3.63) is 18.2 Å². The molecule has 1 N–H and O–H groups in total. The third kappa shape index (κ3) is 0.733. The lowest BCUT2D eigenvalue weighted by Crippen LogP contribution is -2.42. The summed E-state index contributed by atoms with van der Waals surface area (Å²) in [6, 6.07) is 0. The van der Waals surface area contributed by atoms with Gasteiger partial charge in [0, 0.05) is 0 Å². The van der Waals surface area contributed by atoms with Crippen molar-refractivity contribution in [2.24, 2.45) is 0 Å². The highest BCUT2D eigenvalue weighted by atomic mass is 16.5. The molecule has 1 aromatic heterocycles. The van der Waals surface area contributed by atoms with Crippen molar-refractivity contribution < 1.29 is 9.30 Å². The molecule has 0 atom stereocenters. The zero-order valence-electron chi connectivity index (χ0n) is 5.13. The molecule has 9 heavy (non-hydrogen) atoms. The van der Waals surface area contributed by atoms with E-state index in [0.29, 0.717) is 0 Å². The predicted molar refractivity (Wildman–Crippen MR) is 30.6 cm³/mol. The van der Waals surface area contributed by atoms with Crippen molar-refractivity contribution in [1.29, 1.82) is 0 Å². The van der Waals surface area contributed by atoms with Gasteiger partial charge in [0.1, 0.15) is 25.5 Å². The van der Waals surface area contributed by atoms with E-state index in [2.05, 4.69) is 9.55 Å². The Balaban J connectivity index is 2.39. The highest BCUT2D eigenvalue weighted by molar-refractivity contribution is 4.74. The van der Waals surface area contributed by atoms with Gasteiger partial charge < -0.3 is 4.74 Å². The van der Waals surface area contributed by atoms with Gasteiger partial charge in [0.25, 0.3) is 5.82 Å². The Morgan fingerprint density at radius 1 is 1.67 bits per heavy atom. The number of nitrogens with zero attached hydrogens (tertiary/aromatic N) is 1. The Hall–Kier alpha value is -0.830. The molecule has 0 aliphatic carbocycles. The fraction of sp³-hybridized carbons (Fsp3) is 0.500. The van der Waals surface area contributed by atoms with Crippen molar-refractivity contribution in [3.8, 4) is 0 Å². The third-order valence-electron chi connectivity index (χ3n) is 1.57. The smallest absolute Gasteiger partial charge is 0.280 e. The van der Waals surface area contributed by atoms with Crippen LogP contribution in [-0.4, -0.2) is 11.6 Å². The molecule has 0 bridgehead atoms. The number of nitrogens with one attached hydrogen (secondary N) is 1. The molecule has 48 valence electrons. The van der Waals surface area contributed by atoms with Gasteiger partial charge in [0.05, 0.1) is 6.61 Å². The van der Waals surface area contributed by atoms with Crippen LogP contribution in [0.2, 0.25) is 0 Å². The van der Waals surface area contributed by atoms with Crippen molar-refractivity contribution >= 4 is 0 Å². The lowest BCUT2D eigenvalue weighted by atomic mass is 10.5. The molecule has 0 amide bonds. The molecule has 0 radical (unpaired) electrons. The summed E-state index contributed by atoms with van der Waals surface area (Å²) in [5.74, 6) is 1.17. The maximum atomic E-state index is 5.20. The van der Waals surface area contributed by atoms with E-state index >= 15 is 0 Å². The Kier molecular flexibility index (Phi) is 1.02. The van der Waals surface area contributed by atoms with Crippen LogP contribution < -0.4 is 4.57 Å². The van der Waals surface area contributed by atoms with E-state index in [0.717, 1.165) is 19.8 Å². The molecule has 0 saturated heterocycles. The van der Waals surface area contributed by atoms with E-state index < -0.39 is 0 Å². The number of ether oxygens (including phenoxy) is 1. The van der Waals surface area contributed by atoms with Gasteiger partial charge >= 0.3 is 0 Å². The fourth-order valence-corrected chi connectivity index (χ4v) is 1.06. The van der Waals surface area contributed by atoms with E-state index in [4.69, 9.17) is 4.74 Å². The van der Waals surface area contributed by atoms with Crippen molar-refractivity contribution in [2.45, 2.75) is 13.2 Å². The highest BCUT2D eigenvalue weighted by Gasteiger charge is 2.14. The molecule has 1 aliphatic rings. The molecule has 0 saturated carbocycles. The minimum atomic E-state index is 0.729. The van der Waals surface area contributed by atoms with E-state index in [1.807, 2.05) is 12.4 Å². The summed E-state index contributed by atoms with van der Waals surface area (Å²) in [5.41, 5.74) is 0. The number of aromatic amines is 1. The average molecular weight is 125 g/mol. The van der Waals surface area contributed by atoms with Crippen LogP contribution in [0.5, 0.6) is 0 Å². The highest BCUT2D eigenvalue weighted by Crippen LogP contribution is 1.95. The Morgan fingerprint density at radius 3 is 3.56 bits per heavy atom. The van der Waals surface area contributed by atoms with Gasteiger partial charge in [-0.15, -0.1) is 0 Å². The van der Waals surface area contributed by atoms with Crippen LogP contribution in [-0.2, 0) is 17.9 Å². The first-order valence-corrected chi connectivity index (χ1v) is 3.10. The van der Waals surface area contributed by atoms with E-state index in [9.17, 15) is 0 Å². The molecule has 2 rings (SSSR count). The SMILES string of the molecule is c1c[n+]2c([nH]1)COCC2. The summed E-state index contributed by atoms with van der Waals surface area (Å²) in [7, 11) is 0. The first-order chi connectivity index (χ1) is 4.47. The van der Waals surface area contributed by atoms with Gasteiger partial charge in [0.15, 0.2) is 0 Å². The number of imidazole rings is 1. The first-order valence-electron chi connectivity index (χ1n) is 3.10. The second kappa shape index (κ2) is 1.84. The van der Waals surface area contributed by atoms with Gasteiger partial charge in [-0.05, 0) is 0 Å². The van der Waals surface area contributed by atoms with Crippen LogP contribution in [0.25, 0.3) is 0 Å². The zero-order chi connectivity index (χ0) is 6.10. The number of aromatic nitrogens is 2. The van der Waals surface area contributed by atoms with Crippen LogP contribution >= 0.6 is 0 Å². The van der Waals surface area contributed by atoms with Crippen molar-refractivity contribution in [2.75, 3.05) is 6.61 Å². The number of hydrogen-bond acceptors (Lipinski definition) is 1. The molecule has 3 nitrogen and oxygen atoms in total. The number of fused-ring (bicyclic) bond motifs is 1. The van der Waals surface area contributed by atoms with E-state index in [1.54, 1.807) is 0 Å². The van der Waals surface area contributed by atoms with Crippen LogP contribution in [0, 0.1) is 0 Å². The predicted octanol–water partition coefficient (Wildman–Crippen LogP) is -0.168. The maximum absolute atomic E-state index is 5.20. The summed E-state index contributed by atoms with van der Waals surface area (Å²) in [4.78, 5) is 3.10. The number of hydrogen-bond donors (Lipinski definition) is 1. The zero-order valence-corrected chi connectivity index (χ0v) is 5.13. The topological polar surface area (TPSA) is 28.9 Å². The van der Waals surface area contributed by atoms with Crippen molar-refractivity contribution in [1.82, 2.24) is 4.98 Å². The Morgan fingerprint density at radius 2 is 2.67 bits per heavy atom. The van der Waals surface area contributed by atoms with E-state index in [1.165, 1.54) is 5.82 Å². The van der Waals surface area contributed by atoms with Gasteiger partial charge in [-0.1, -0.05) is 0 Å². The Labute approximate surface area is 53.3 Å². The van der Waals surface area contributed by atoms with Crippen LogP contribution in [0.3, 0.4) is 0 Å². The minimum Gasteiger partial charge on any atom is -0.365 e. The van der Waals surface area contributed by atoms with Crippen LogP contribution in [0.15, 0.2) is 12.4 Å². The van der Waals surface area contributed by atoms with Crippen LogP contribution in [0.1, 0.15) is 5.82 Å². The molecule has 0 unspecified atom stereocenters. The average Bonchev–Trinajstić information content (AvgIpc) is 2.33. The lowest BCUT2D eigenvalue weighted by Gasteiger charge is -2.06. The lowest BCUT2D eigenvalue weighted by molar-refractivity contribution is -0.715. The van der Waals surface area contributed by atoms with E-state index in [-0.39, 0.29) is 0 Å². The molecular weight excluding hydrogens is 116 g/mol. The summed E-state index contributed by atoms with van der Waals surface area (Å²) in [6.45, 7) is 2.56. The fourth-order valence-electron chi connectivity index (χ4n) is 1.06. The van der Waals surface area contributed by atoms with Gasteiger partial charge in [-0.2, -0.15) is 0 Å². The minimum absolute atomic E-state index is 0.729. The standard InChI is InChI=1S/C6H8N2O/c1-2-8-3-4-9-5-6(8)7-1/h1-2H,3-5H2/p+1. The molecule has 3 heteroatoms. The first kappa shape index (κ1) is 4.99. The Bertz CT molecular complexity index is 186. The molecule has 0 fully saturated rings. The summed E-state index contributed by atoms with van der Waals surface area (Å²) < 4.78 is 7.37. The molecule has 2 heterocycles. The monoisotopic (exact) mass is 125 g/mol. The van der Waals surface area contributed by atoms with Crippen molar-refractivity contribution in [3.63, 3.8) is 0 Å². The summed E-state index contributed by atoms with van der Waals surface area (Å²) in [5, 5.41) is 0. The summed E-state index contributed by atoms with van der Waals surface area (Å²) in [6.07, 6.45) is 3.97. The molecule has 0 spiro atoms. The maximum Gasteiger partial charge on any atom is 0.280 e. The van der Waals surface area contributed by atoms with Gasteiger partial charge in [0.2, 0.25) is 0 Å². The molecule has 0 aromatic carbocycles.